The van der Waals surface area contributed by atoms with Crippen LogP contribution in [0.25, 0.3) is 0 Å². The van der Waals surface area contributed by atoms with Crippen molar-refractivity contribution in [1.29, 1.82) is 0 Å². The molecule has 0 saturated heterocycles. The van der Waals surface area contributed by atoms with Crippen molar-refractivity contribution in [2.45, 2.75) is 62.8 Å². The molecule has 2 N–H and O–H groups in total. The van der Waals surface area contributed by atoms with Gasteiger partial charge in [-0.25, -0.2) is 4.68 Å². The Morgan fingerprint density at radius 1 is 1.17 bits per heavy atom. The second-order valence-corrected chi connectivity index (χ2v) is 8.46. The first-order chi connectivity index (χ1) is 13.8. The van der Waals surface area contributed by atoms with E-state index >= 15 is 0 Å². The van der Waals surface area contributed by atoms with Gasteiger partial charge < -0.3 is 10.6 Å². The predicted octanol–water partition coefficient (Wildman–Crippen LogP) is 5.37. The van der Waals surface area contributed by atoms with Gasteiger partial charge in [0.25, 0.3) is 5.91 Å². The minimum absolute atomic E-state index is 0.0129. The van der Waals surface area contributed by atoms with Gasteiger partial charge in [0.15, 0.2) is 11.7 Å². The van der Waals surface area contributed by atoms with Crippen LogP contribution in [0, 0.1) is 0 Å². The monoisotopic (exact) mass is 470 g/mol. The molecule has 0 spiro atoms. The van der Waals surface area contributed by atoms with Crippen molar-refractivity contribution in [1.82, 2.24) is 15.1 Å². The summed E-state index contributed by atoms with van der Waals surface area (Å²) in [6.07, 6.45) is 0.328. The molecule has 29 heavy (non-hydrogen) atoms. The molecule has 2 heterocycles. The Hall–Kier alpha value is -2.03. The lowest BCUT2D eigenvalue weighted by Crippen LogP contribution is -2.37. The van der Waals surface area contributed by atoms with Gasteiger partial charge in [0.1, 0.15) is 5.82 Å². The molecule has 2 aromatic rings. The van der Waals surface area contributed by atoms with Crippen molar-refractivity contribution in [3.05, 3.63) is 46.1 Å². The quantitative estimate of drug-likeness (QED) is 0.633. The number of carbonyl (C=O) groups excluding carboxylic acids is 1. The number of carbonyl (C=O) groups is 1. The summed E-state index contributed by atoms with van der Waals surface area (Å²) in [5, 5.41) is 10.1. The zero-order chi connectivity index (χ0) is 20.6. The summed E-state index contributed by atoms with van der Waals surface area (Å²) in [7, 11) is 0. The van der Waals surface area contributed by atoms with E-state index in [0.717, 1.165) is 42.3 Å². The number of rotatable bonds is 3. The summed E-state index contributed by atoms with van der Waals surface area (Å²) in [4.78, 5) is 12.7. The van der Waals surface area contributed by atoms with Gasteiger partial charge in [0, 0.05) is 12.5 Å². The number of hydrogen-bond donors (Lipinski definition) is 2. The van der Waals surface area contributed by atoms with Gasteiger partial charge in [-0.2, -0.15) is 18.3 Å². The normalized spacial score (nSPS) is 22.6. The maximum absolute atomic E-state index is 13.8. The second-order valence-electron chi connectivity index (χ2n) is 7.66. The standard InChI is InChI=1S/C20H22BrF3N4O/c21-16-17(19(29)25-13-9-5-2-6-10-13)27-28-15(20(22,23)24)11-14(26-18(16)28)12-7-3-1-4-8-12/h1,3-4,7-8,13-15,26H,2,5-6,9-11H2,(H,25,29). The van der Waals surface area contributed by atoms with E-state index in [1.807, 2.05) is 6.07 Å². The summed E-state index contributed by atoms with van der Waals surface area (Å²) in [6, 6.07) is 6.71. The van der Waals surface area contributed by atoms with Gasteiger partial charge in [-0.05, 0) is 34.3 Å². The van der Waals surface area contributed by atoms with E-state index in [-0.39, 0.29) is 28.4 Å². The number of benzene rings is 1. The molecular weight excluding hydrogens is 449 g/mol. The van der Waals surface area contributed by atoms with E-state index in [9.17, 15) is 18.0 Å². The van der Waals surface area contributed by atoms with E-state index in [1.54, 1.807) is 24.3 Å². The van der Waals surface area contributed by atoms with Crippen molar-refractivity contribution in [2.75, 3.05) is 5.32 Å². The Morgan fingerprint density at radius 2 is 1.86 bits per heavy atom. The number of fused-ring (bicyclic) bond motifs is 1. The summed E-state index contributed by atoms with van der Waals surface area (Å²) in [6.45, 7) is 0. The van der Waals surface area contributed by atoms with Crippen molar-refractivity contribution >= 4 is 27.7 Å². The van der Waals surface area contributed by atoms with Crippen LogP contribution in [0.3, 0.4) is 0 Å². The van der Waals surface area contributed by atoms with Crippen LogP contribution < -0.4 is 10.6 Å². The van der Waals surface area contributed by atoms with Crippen LogP contribution in [0.1, 0.15) is 66.7 Å². The van der Waals surface area contributed by atoms with Crippen molar-refractivity contribution in [3.63, 3.8) is 0 Å². The first-order valence-corrected chi connectivity index (χ1v) is 10.6. The maximum Gasteiger partial charge on any atom is 0.410 e. The van der Waals surface area contributed by atoms with Crippen molar-refractivity contribution in [2.24, 2.45) is 0 Å². The Morgan fingerprint density at radius 3 is 2.52 bits per heavy atom. The molecule has 0 radical (unpaired) electrons. The maximum atomic E-state index is 13.8. The highest BCUT2D eigenvalue weighted by atomic mass is 79.9. The molecule has 1 amide bonds. The van der Waals surface area contributed by atoms with Gasteiger partial charge in [0.2, 0.25) is 0 Å². The zero-order valence-corrected chi connectivity index (χ0v) is 17.3. The fraction of sp³-hybridized carbons (Fsp3) is 0.500. The average Bonchev–Trinajstić information content (AvgIpc) is 3.05. The summed E-state index contributed by atoms with van der Waals surface area (Å²) < 4.78 is 42.6. The van der Waals surface area contributed by atoms with Gasteiger partial charge >= 0.3 is 6.18 Å². The smallest absolute Gasteiger partial charge is 0.362 e. The van der Waals surface area contributed by atoms with E-state index in [1.165, 1.54) is 0 Å². The number of aromatic nitrogens is 2. The first-order valence-electron chi connectivity index (χ1n) is 9.81. The van der Waals surface area contributed by atoms with E-state index in [4.69, 9.17) is 0 Å². The zero-order valence-electron chi connectivity index (χ0n) is 15.7. The summed E-state index contributed by atoms with van der Waals surface area (Å²) in [5.41, 5.74) is 0.746. The Labute approximate surface area is 175 Å². The lowest BCUT2D eigenvalue weighted by atomic mass is 9.95. The fourth-order valence-corrected chi connectivity index (χ4v) is 4.69. The summed E-state index contributed by atoms with van der Waals surface area (Å²) >= 11 is 3.32. The summed E-state index contributed by atoms with van der Waals surface area (Å²) in [5.74, 6) is -0.258. The van der Waals surface area contributed by atoms with Crippen LogP contribution in [0.15, 0.2) is 34.8 Å². The molecule has 1 aromatic heterocycles. The van der Waals surface area contributed by atoms with E-state index in [2.05, 4.69) is 31.7 Å². The van der Waals surface area contributed by atoms with E-state index < -0.39 is 24.2 Å². The number of nitrogens with zero attached hydrogens (tertiary/aromatic N) is 2. The third-order valence-corrected chi connectivity index (χ3v) is 6.40. The topological polar surface area (TPSA) is 59.0 Å². The number of nitrogens with one attached hydrogen (secondary N) is 2. The molecule has 0 bridgehead atoms. The number of hydrogen-bond acceptors (Lipinski definition) is 3. The van der Waals surface area contributed by atoms with Gasteiger partial charge in [-0.3, -0.25) is 4.79 Å². The molecule has 1 aromatic carbocycles. The fourth-order valence-electron chi connectivity index (χ4n) is 4.14. The van der Waals surface area contributed by atoms with Gasteiger partial charge in [0.05, 0.1) is 10.5 Å². The highest BCUT2D eigenvalue weighted by Gasteiger charge is 2.47. The Bertz CT molecular complexity index is 878. The lowest BCUT2D eigenvalue weighted by molar-refractivity contribution is -0.173. The third kappa shape index (κ3) is 4.15. The molecule has 2 unspecified atom stereocenters. The lowest BCUT2D eigenvalue weighted by Gasteiger charge is -2.33. The molecular formula is C20H22BrF3N4O. The molecule has 156 valence electrons. The Balaban J connectivity index is 1.65. The Kier molecular flexibility index (Phi) is 5.59. The average molecular weight is 471 g/mol. The van der Waals surface area contributed by atoms with Crippen LogP contribution in [0.5, 0.6) is 0 Å². The highest BCUT2D eigenvalue weighted by molar-refractivity contribution is 9.10. The number of amides is 1. The van der Waals surface area contributed by atoms with Crippen LogP contribution >= 0.6 is 15.9 Å². The van der Waals surface area contributed by atoms with Crippen molar-refractivity contribution < 1.29 is 18.0 Å². The number of alkyl halides is 3. The van der Waals surface area contributed by atoms with Gasteiger partial charge in [-0.15, -0.1) is 0 Å². The first kappa shape index (κ1) is 20.3. The molecule has 1 saturated carbocycles. The molecule has 1 aliphatic carbocycles. The molecule has 1 aliphatic heterocycles. The van der Waals surface area contributed by atoms with Crippen LogP contribution in [0.2, 0.25) is 0 Å². The van der Waals surface area contributed by atoms with Gasteiger partial charge in [-0.1, -0.05) is 49.6 Å². The third-order valence-electron chi connectivity index (χ3n) is 5.65. The highest BCUT2D eigenvalue weighted by Crippen LogP contribution is 2.46. The predicted molar refractivity (Wildman–Crippen MR) is 107 cm³/mol. The minimum atomic E-state index is -4.48. The SMILES string of the molecule is O=C(NC1CCCCC1)c1nn2c(c1Br)NC(c1ccccc1)CC2C(F)(F)F. The van der Waals surface area contributed by atoms with E-state index in [0.29, 0.717) is 0 Å². The van der Waals surface area contributed by atoms with Crippen LogP contribution in [0.4, 0.5) is 19.0 Å². The molecule has 1 fully saturated rings. The molecule has 2 atom stereocenters. The van der Waals surface area contributed by atoms with Crippen molar-refractivity contribution in [3.8, 4) is 0 Å². The largest absolute Gasteiger partial charge is 0.410 e. The van der Waals surface area contributed by atoms with Crippen LogP contribution in [-0.2, 0) is 0 Å². The van der Waals surface area contributed by atoms with Crippen LogP contribution in [-0.4, -0.2) is 27.9 Å². The minimum Gasteiger partial charge on any atom is -0.362 e. The number of halogens is 4. The number of anilines is 1. The molecule has 2 aliphatic rings. The molecule has 9 heteroatoms. The molecule has 5 nitrogen and oxygen atoms in total. The second kappa shape index (κ2) is 8.01. The molecule has 4 rings (SSSR count).